The summed E-state index contributed by atoms with van der Waals surface area (Å²) >= 11 is 0. The number of fused-ring (bicyclic) bond motifs is 5. The van der Waals surface area contributed by atoms with E-state index in [0.717, 1.165) is 37.5 Å². The van der Waals surface area contributed by atoms with Gasteiger partial charge in [-0.25, -0.2) is 0 Å². The summed E-state index contributed by atoms with van der Waals surface area (Å²) in [5, 5.41) is 2.43. The number of benzene rings is 2. The minimum Gasteiger partial charge on any atom is -0.410 e. The molecule has 8 rings (SSSR count). The van der Waals surface area contributed by atoms with Gasteiger partial charge in [-0.05, 0) is 77.0 Å². The summed E-state index contributed by atoms with van der Waals surface area (Å²) in [7, 11) is -2.34. The van der Waals surface area contributed by atoms with Gasteiger partial charge in [-0.1, -0.05) is 106 Å². The smallest absolute Gasteiger partial charge is 0.200 e. The highest BCUT2D eigenvalue weighted by Gasteiger charge is 2.61. The van der Waals surface area contributed by atoms with Crippen LogP contribution in [0.1, 0.15) is 120 Å². The van der Waals surface area contributed by atoms with Gasteiger partial charge in [0.15, 0.2) is 12.1 Å². The van der Waals surface area contributed by atoms with E-state index in [0.29, 0.717) is 48.6 Å². The number of aldehydes is 1. The zero-order valence-electron chi connectivity index (χ0n) is 37.8. The van der Waals surface area contributed by atoms with Crippen LogP contribution in [0.15, 0.2) is 42.5 Å². The second-order valence-electron chi connectivity index (χ2n) is 20.7. The van der Waals surface area contributed by atoms with Gasteiger partial charge in [0, 0.05) is 31.1 Å². The highest BCUT2D eigenvalue weighted by atomic mass is 28.4. The number of carbonyl (C=O) groups excluding carboxylic acids is 1. The number of rotatable bonds is 9. The average Bonchev–Trinajstić information content (AvgIpc) is 3.64. The van der Waals surface area contributed by atoms with Crippen molar-refractivity contribution in [1.82, 2.24) is 0 Å². The number of ether oxygens (including phenoxy) is 7. The van der Waals surface area contributed by atoms with E-state index in [9.17, 15) is 4.79 Å². The van der Waals surface area contributed by atoms with Crippen LogP contribution in [0.4, 0.5) is 0 Å². The second-order valence-corrected chi connectivity index (χ2v) is 26.1. The zero-order chi connectivity index (χ0) is 42.0. The van der Waals surface area contributed by atoms with Crippen LogP contribution >= 0.6 is 0 Å². The molecule has 6 aliphatic rings. The summed E-state index contributed by atoms with van der Waals surface area (Å²) in [6, 6.07) is 15.1. The fraction of sp³-hybridized carbons (Fsp3) is 0.776. The molecule has 1 unspecified atom stereocenters. The molecule has 2 aromatic rings. The van der Waals surface area contributed by atoms with Gasteiger partial charge in [-0.3, -0.25) is 0 Å². The van der Waals surface area contributed by atoms with E-state index < -0.39 is 25.8 Å². The largest absolute Gasteiger partial charge is 0.410 e. The Kier molecular flexibility index (Phi) is 12.7. The van der Waals surface area contributed by atoms with Crippen molar-refractivity contribution in [3.05, 3.63) is 48.0 Å². The Hall–Kier alpha value is -1.73. The lowest BCUT2D eigenvalue weighted by Gasteiger charge is -2.54. The molecule has 9 nitrogen and oxygen atoms in total. The van der Waals surface area contributed by atoms with Gasteiger partial charge in [-0.15, -0.1) is 0 Å². The molecular weight excluding hydrogens is 761 g/mol. The molecule has 59 heavy (non-hydrogen) atoms. The van der Waals surface area contributed by atoms with E-state index in [2.05, 4.69) is 112 Å². The van der Waals surface area contributed by atoms with Crippen LogP contribution in [-0.2, 0) is 49.0 Å². The number of carbonyl (C=O) groups is 1. The molecule has 2 aromatic carbocycles. The number of hydrogen-bond acceptors (Lipinski definition) is 9. The van der Waals surface area contributed by atoms with Crippen molar-refractivity contribution in [1.29, 1.82) is 0 Å². The molecule has 0 amide bonds. The van der Waals surface area contributed by atoms with Crippen LogP contribution in [0.25, 0.3) is 10.8 Å². The van der Waals surface area contributed by atoms with E-state index in [1.807, 2.05) is 6.92 Å². The Balaban J connectivity index is 1.08. The molecule has 6 saturated heterocycles. The Labute approximate surface area is 355 Å². The Bertz CT molecular complexity index is 1740. The molecule has 0 bridgehead atoms. The fourth-order valence-corrected chi connectivity index (χ4v) is 18.3. The lowest BCUT2D eigenvalue weighted by Crippen LogP contribution is -2.64. The lowest BCUT2D eigenvalue weighted by atomic mass is 9.76. The van der Waals surface area contributed by atoms with Crippen molar-refractivity contribution < 1.29 is 42.4 Å². The second kappa shape index (κ2) is 17.1. The standard InChI is InChI=1S/C49H74O9Si/c1-28(2)59(29(3)4,30(5)6)58-43-25-40-41(56-48(43,11)27-50)22-31(7)21-38-39(53-40)24-42-44(54-38)33(9)45(51-26-35-17-18-36-15-12-13-16-37(36)23-35)47-46(55-42)32(8)34(10)49(57-47)19-14-20-52-49/h12-13,15-18,23,27-34,38-47H,14,19-22,24-26H2,1-11H3/t31-,32+,33-,34+,38+,39-,40+,41-,42+,43-,44-,45?,46-,47+,48+,49-/m1/s1. The van der Waals surface area contributed by atoms with E-state index in [1.54, 1.807) is 0 Å². The van der Waals surface area contributed by atoms with Gasteiger partial charge >= 0.3 is 0 Å². The fourth-order valence-electron chi connectivity index (χ4n) is 12.7. The summed E-state index contributed by atoms with van der Waals surface area (Å²) in [4.78, 5) is 13.0. The first-order valence-corrected chi connectivity index (χ1v) is 25.4. The van der Waals surface area contributed by atoms with Crippen LogP contribution in [-0.4, -0.2) is 93.6 Å². The van der Waals surface area contributed by atoms with Crippen LogP contribution in [0.5, 0.6) is 0 Å². The molecule has 0 radical (unpaired) electrons. The molecule has 10 heteroatoms. The molecular formula is C49H74O9Si. The molecule has 0 saturated carbocycles. The van der Waals surface area contributed by atoms with Gasteiger partial charge in [0.2, 0.25) is 8.32 Å². The maximum absolute atomic E-state index is 13.0. The van der Waals surface area contributed by atoms with Crippen molar-refractivity contribution in [2.45, 2.75) is 210 Å². The van der Waals surface area contributed by atoms with E-state index in [1.165, 1.54) is 10.8 Å². The molecule has 328 valence electrons. The third-order valence-electron chi connectivity index (χ3n) is 16.0. The molecule has 0 aromatic heterocycles. The summed E-state index contributed by atoms with van der Waals surface area (Å²) in [6.45, 7) is 26.0. The van der Waals surface area contributed by atoms with Crippen molar-refractivity contribution in [3.63, 3.8) is 0 Å². The third-order valence-corrected chi connectivity index (χ3v) is 22.1. The topological polar surface area (TPSA) is 90.9 Å². The molecule has 16 atom stereocenters. The van der Waals surface area contributed by atoms with Gasteiger partial charge in [-0.2, -0.15) is 0 Å². The average molecular weight is 835 g/mol. The highest BCUT2D eigenvalue weighted by Crippen LogP contribution is 2.52. The summed E-state index contributed by atoms with van der Waals surface area (Å²) in [6.07, 6.45) is 3.45. The zero-order valence-corrected chi connectivity index (χ0v) is 38.8. The van der Waals surface area contributed by atoms with Gasteiger partial charge < -0.3 is 42.4 Å². The molecule has 0 N–H and O–H groups in total. The predicted octanol–water partition coefficient (Wildman–Crippen LogP) is 9.95. The van der Waals surface area contributed by atoms with Crippen molar-refractivity contribution in [3.8, 4) is 0 Å². The van der Waals surface area contributed by atoms with E-state index >= 15 is 0 Å². The summed E-state index contributed by atoms with van der Waals surface area (Å²) < 4.78 is 57.0. The first-order valence-electron chi connectivity index (χ1n) is 23.3. The quantitative estimate of drug-likeness (QED) is 0.181. The molecule has 6 heterocycles. The van der Waals surface area contributed by atoms with Crippen LogP contribution in [0.3, 0.4) is 0 Å². The van der Waals surface area contributed by atoms with Crippen molar-refractivity contribution in [2.75, 3.05) is 6.61 Å². The first-order chi connectivity index (χ1) is 28.1. The molecule has 6 aliphatic heterocycles. The monoisotopic (exact) mass is 835 g/mol. The highest BCUT2D eigenvalue weighted by molar-refractivity contribution is 6.77. The Morgan fingerprint density at radius 3 is 2.08 bits per heavy atom. The predicted molar refractivity (Wildman–Crippen MR) is 232 cm³/mol. The summed E-state index contributed by atoms with van der Waals surface area (Å²) in [5.74, 6) is -0.0411. The van der Waals surface area contributed by atoms with E-state index in [-0.39, 0.29) is 72.7 Å². The molecule has 1 spiro atoms. The minimum absolute atomic E-state index is 0.0192. The van der Waals surface area contributed by atoms with E-state index in [4.69, 9.17) is 37.6 Å². The first kappa shape index (κ1) is 43.9. The minimum atomic E-state index is -2.34. The Morgan fingerprint density at radius 1 is 0.746 bits per heavy atom. The van der Waals surface area contributed by atoms with Crippen LogP contribution < -0.4 is 0 Å². The lowest BCUT2D eigenvalue weighted by molar-refractivity contribution is -0.341. The molecule has 6 fully saturated rings. The van der Waals surface area contributed by atoms with Crippen LogP contribution in [0.2, 0.25) is 16.6 Å². The third kappa shape index (κ3) is 7.96. The van der Waals surface area contributed by atoms with Gasteiger partial charge in [0.1, 0.15) is 11.7 Å². The summed E-state index contributed by atoms with van der Waals surface area (Å²) in [5.41, 5.74) is 1.23. The van der Waals surface area contributed by atoms with Gasteiger partial charge in [0.25, 0.3) is 0 Å². The number of hydrogen-bond donors (Lipinski definition) is 0. The van der Waals surface area contributed by atoms with Crippen molar-refractivity contribution in [2.24, 2.45) is 23.7 Å². The SMILES string of the molecule is CC(C)[Si](O[C@@H]1C[C@@H]2O[C@@H]3C[C@@H]4O[C@@H]5[C@@H](C)[C@H](C)[C@@]6(CCCO6)O[C@H]5C(OCc5ccc6ccccc6c5)[C@H](C)[C@H]4O[C@H]3C[C@@H](C)C[C@H]2O[C@@]1(C)C=O)(C(C)C)C(C)C. The van der Waals surface area contributed by atoms with Gasteiger partial charge in [0.05, 0.1) is 68.1 Å². The molecule has 0 aliphatic carbocycles. The Morgan fingerprint density at radius 2 is 1.41 bits per heavy atom. The van der Waals surface area contributed by atoms with Crippen molar-refractivity contribution >= 4 is 25.4 Å². The maximum atomic E-state index is 13.0. The van der Waals surface area contributed by atoms with Crippen LogP contribution in [0, 0.1) is 23.7 Å². The normalized spacial score (nSPS) is 42.8. The maximum Gasteiger partial charge on any atom is 0.200 e.